The molecular formula is C28H42FN5O3. The van der Waals surface area contributed by atoms with Crippen molar-refractivity contribution >= 4 is 17.7 Å². The minimum Gasteiger partial charge on any atom is -0.465 e. The maximum Gasteiger partial charge on any atom is 0.310 e. The highest BCUT2D eigenvalue weighted by molar-refractivity contribution is 5.72. The Kier molecular flexibility index (Phi) is 11.1. The van der Waals surface area contributed by atoms with Crippen LogP contribution in [0.5, 0.6) is 0 Å². The van der Waals surface area contributed by atoms with Crippen LogP contribution in [-0.2, 0) is 22.4 Å². The van der Waals surface area contributed by atoms with Crippen molar-refractivity contribution in [3.05, 3.63) is 46.4 Å². The monoisotopic (exact) mass is 515 g/mol. The molecule has 1 saturated heterocycles. The predicted octanol–water partition coefficient (Wildman–Crippen LogP) is 3.88. The van der Waals surface area contributed by atoms with E-state index in [0.717, 1.165) is 50.8 Å². The first-order valence-corrected chi connectivity index (χ1v) is 13.4. The molecule has 2 heterocycles. The molecule has 8 nitrogen and oxygen atoms in total. The van der Waals surface area contributed by atoms with Crippen LogP contribution < -0.4 is 11.1 Å². The summed E-state index contributed by atoms with van der Waals surface area (Å²) in [4.78, 5) is 23.3. The van der Waals surface area contributed by atoms with E-state index in [1.54, 1.807) is 12.1 Å². The number of nitrogens with zero attached hydrogens (tertiary/aromatic N) is 3. The van der Waals surface area contributed by atoms with Gasteiger partial charge in [-0.2, -0.15) is 4.98 Å². The molecule has 9 heteroatoms. The number of unbranched alkanes of at least 4 members (excludes halogenated alkanes) is 1. The predicted molar refractivity (Wildman–Crippen MR) is 144 cm³/mol. The highest BCUT2D eigenvalue weighted by Crippen LogP contribution is 2.25. The highest BCUT2D eigenvalue weighted by atomic mass is 19.1. The number of likely N-dealkylation sites (tertiary alicyclic amines) is 1. The zero-order chi connectivity index (χ0) is 26.8. The van der Waals surface area contributed by atoms with Gasteiger partial charge in [-0.25, -0.2) is 9.37 Å². The van der Waals surface area contributed by atoms with Gasteiger partial charge in [0.05, 0.1) is 13.0 Å². The van der Waals surface area contributed by atoms with Crippen LogP contribution in [0, 0.1) is 18.7 Å². The number of nitrogens with two attached hydrogens (primary N) is 1. The summed E-state index contributed by atoms with van der Waals surface area (Å²) in [7, 11) is 2.10. The lowest BCUT2D eigenvalue weighted by atomic mass is 9.98. The molecule has 37 heavy (non-hydrogen) atoms. The van der Waals surface area contributed by atoms with Gasteiger partial charge in [-0.1, -0.05) is 31.9 Å². The molecule has 1 atom stereocenters. The highest BCUT2D eigenvalue weighted by Gasteiger charge is 2.20. The van der Waals surface area contributed by atoms with Gasteiger partial charge in [-0.05, 0) is 75.9 Å². The number of rotatable bonds is 13. The van der Waals surface area contributed by atoms with Gasteiger partial charge in [0, 0.05) is 30.3 Å². The van der Waals surface area contributed by atoms with Crippen molar-refractivity contribution in [2.45, 2.75) is 71.3 Å². The number of ether oxygens (including phenoxy) is 1. The third-order valence-electron chi connectivity index (χ3n) is 7.11. The summed E-state index contributed by atoms with van der Waals surface area (Å²) in [5.74, 6) is 0.395. The number of halogens is 1. The van der Waals surface area contributed by atoms with Gasteiger partial charge in [-0.15, -0.1) is 0 Å². The molecule has 1 aromatic carbocycles. The van der Waals surface area contributed by atoms with Gasteiger partial charge in [0.25, 0.3) is 0 Å². The van der Waals surface area contributed by atoms with E-state index in [-0.39, 0.29) is 43.2 Å². The number of benzene rings is 1. The number of aliphatic hydroxyl groups excluding tert-OH is 1. The minimum atomic E-state index is -0.388. The van der Waals surface area contributed by atoms with E-state index in [4.69, 9.17) is 10.5 Å². The molecule has 204 valence electrons. The maximum atomic E-state index is 15.1. The first-order chi connectivity index (χ1) is 17.8. The van der Waals surface area contributed by atoms with Gasteiger partial charge in [0.15, 0.2) is 0 Å². The Labute approximate surface area is 219 Å². The molecule has 0 saturated carbocycles. The van der Waals surface area contributed by atoms with Gasteiger partial charge < -0.3 is 25.8 Å². The van der Waals surface area contributed by atoms with Gasteiger partial charge in [-0.3, -0.25) is 4.79 Å². The van der Waals surface area contributed by atoms with Crippen molar-refractivity contribution in [1.82, 2.24) is 14.9 Å². The molecule has 1 aliphatic heterocycles. The van der Waals surface area contributed by atoms with E-state index in [1.807, 2.05) is 6.92 Å². The van der Waals surface area contributed by atoms with Crippen LogP contribution in [0.3, 0.4) is 0 Å². The van der Waals surface area contributed by atoms with E-state index < -0.39 is 0 Å². The van der Waals surface area contributed by atoms with E-state index in [1.165, 1.54) is 6.07 Å². The number of aliphatic hydroxyl groups is 1. The maximum absolute atomic E-state index is 15.1. The number of anilines is 2. The summed E-state index contributed by atoms with van der Waals surface area (Å²) >= 11 is 0. The number of nitrogens with one attached hydrogen (secondary N) is 1. The SMILES string of the molecule is CCCC[C@@H](CCO)Nc1nc(N)nc(C)c1Cc1ccc(CC(=O)OCC2CCN(C)CC2)cc1F. The zero-order valence-electron chi connectivity index (χ0n) is 22.4. The Morgan fingerprint density at radius 3 is 2.73 bits per heavy atom. The Morgan fingerprint density at radius 1 is 1.30 bits per heavy atom. The van der Waals surface area contributed by atoms with Crippen LogP contribution in [0.2, 0.25) is 0 Å². The first-order valence-electron chi connectivity index (χ1n) is 13.4. The first kappa shape index (κ1) is 28.8. The molecule has 1 aliphatic rings. The lowest BCUT2D eigenvalue weighted by Crippen LogP contribution is -2.32. The summed E-state index contributed by atoms with van der Waals surface area (Å²) in [6.07, 6.45) is 5.90. The zero-order valence-corrected chi connectivity index (χ0v) is 22.4. The second kappa shape index (κ2) is 14.2. The largest absolute Gasteiger partial charge is 0.465 e. The second-order valence-electron chi connectivity index (χ2n) is 10.2. The molecule has 0 radical (unpaired) electrons. The number of carbonyl (C=O) groups is 1. The lowest BCUT2D eigenvalue weighted by Gasteiger charge is -2.28. The molecule has 4 N–H and O–H groups in total. The lowest BCUT2D eigenvalue weighted by molar-refractivity contribution is -0.144. The minimum absolute atomic E-state index is 0.0326. The number of hydrogen-bond acceptors (Lipinski definition) is 8. The van der Waals surface area contributed by atoms with Gasteiger partial charge in [0.1, 0.15) is 11.6 Å². The third-order valence-corrected chi connectivity index (χ3v) is 7.11. The van der Waals surface area contributed by atoms with Crippen molar-refractivity contribution in [2.24, 2.45) is 5.92 Å². The summed E-state index contributed by atoms with van der Waals surface area (Å²) in [6, 6.07) is 4.91. The second-order valence-corrected chi connectivity index (χ2v) is 10.2. The number of aryl methyl sites for hydroxylation is 1. The van der Waals surface area contributed by atoms with Crippen molar-refractivity contribution in [3.63, 3.8) is 0 Å². The molecule has 0 spiro atoms. The molecule has 1 fully saturated rings. The third kappa shape index (κ3) is 8.93. The summed E-state index contributed by atoms with van der Waals surface area (Å²) in [5, 5.41) is 12.9. The molecule has 0 amide bonds. The average Bonchev–Trinajstić information content (AvgIpc) is 2.85. The summed E-state index contributed by atoms with van der Waals surface area (Å²) in [6.45, 7) is 6.48. The average molecular weight is 516 g/mol. The molecule has 0 aliphatic carbocycles. The van der Waals surface area contributed by atoms with Crippen LogP contribution >= 0.6 is 0 Å². The molecule has 3 rings (SSSR count). The number of aromatic nitrogens is 2. The number of nitrogen functional groups attached to an aromatic ring is 1. The number of piperidine rings is 1. The van der Waals surface area contributed by atoms with Crippen LogP contribution in [0.4, 0.5) is 16.2 Å². The van der Waals surface area contributed by atoms with Crippen molar-refractivity contribution in [1.29, 1.82) is 0 Å². The van der Waals surface area contributed by atoms with Crippen molar-refractivity contribution < 1.29 is 19.0 Å². The number of carbonyl (C=O) groups excluding carboxylic acids is 1. The Hall–Kier alpha value is -2.78. The van der Waals surface area contributed by atoms with E-state index in [0.29, 0.717) is 41.6 Å². The van der Waals surface area contributed by atoms with Crippen molar-refractivity contribution in [2.75, 3.05) is 44.4 Å². The normalized spacial score (nSPS) is 15.5. The summed E-state index contributed by atoms with van der Waals surface area (Å²) < 4.78 is 20.6. The smallest absolute Gasteiger partial charge is 0.310 e. The number of hydrogen-bond donors (Lipinski definition) is 3. The van der Waals surface area contributed by atoms with Crippen molar-refractivity contribution in [3.8, 4) is 0 Å². The topological polar surface area (TPSA) is 114 Å². The number of esters is 1. The van der Waals surface area contributed by atoms with Gasteiger partial charge in [0.2, 0.25) is 5.95 Å². The Morgan fingerprint density at radius 2 is 2.05 bits per heavy atom. The quantitative estimate of drug-likeness (QED) is 0.345. The molecule has 2 aromatic rings. The molecule has 0 bridgehead atoms. The molecule has 1 aromatic heterocycles. The Bertz CT molecular complexity index is 1030. The molecular weight excluding hydrogens is 473 g/mol. The van der Waals surface area contributed by atoms with Crippen LogP contribution in [0.25, 0.3) is 0 Å². The Balaban J connectivity index is 1.66. The van der Waals surface area contributed by atoms with E-state index in [9.17, 15) is 9.90 Å². The fourth-order valence-electron chi connectivity index (χ4n) is 4.73. The van der Waals surface area contributed by atoms with Crippen LogP contribution in [0.15, 0.2) is 18.2 Å². The van der Waals surface area contributed by atoms with Gasteiger partial charge >= 0.3 is 5.97 Å². The summed E-state index contributed by atoms with van der Waals surface area (Å²) in [5.41, 5.74) is 8.42. The van der Waals surface area contributed by atoms with E-state index in [2.05, 4.69) is 34.2 Å². The van der Waals surface area contributed by atoms with Crippen LogP contribution in [0.1, 0.15) is 67.8 Å². The fourth-order valence-corrected chi connectivity index (χ4v) is 4.73. The van der Waals surface area contributed by atoms with E-state index >= 15 is 4.39 Å². The molecule has 0 unspecified atom stereocenters. The van der Waals surface area contributed by atoms with Crippen LogP contribution in [-0.4, -0.2) is 65.3 Å². The fraction of sp³-hybridized carbons (Fsp3) is 0.607. The standard InChI is InChI=1S/C28H42FN5O3/c1-4-5-6-23(11-14-35)32-27-24(19(2)31-28(30)33-27)17-22-8-7-21(15-25(22)29)16-26(36)37-18-20-9-12-34(3)13-10-20/h7-8,15,20,23,35H,4-6,9-14,16-18H2,1-3H3,(H3,30,31,32,33)/t23-/m0/s1.